The highest BCUT2D eigenvalue weighted by atomic mass is 16.4. The average molecular weight is 254 g/mol. The fourth-order valence-electron chi connectivity index (χ4n) is 2.59. The molecule has 1 aromatic heterocycles. The fourth-order valence-corrected chi connectivity index (χ4v) is 2.59. The van der Waals surface area contributed by atoms with Crippen LogP contribution in [0.5, 0.6) is 0 Å². The molecule has 4 heteroatoms. The van der Waals surface area contributed by atoms with Gasteiger partial charge >= 0.3 is 5.97 Å². The van der Waals surface area contributed by atoms with Crippen molar-refractivity contribution in [3.63, 3.8) is 0 Å². The van der Waals surface area contributed by atoms with E-state index in [1.165, 1.54) is 23.7 Å². The minimum Gasteiger partial charge on any atom is -0.476 e. The molecule has 0 spiro atoms. The Hall–Kier alpha value is -2.23. The molecule has 3 rings (SSSR count). The highest BCUT2D eigenvalue weighted by Crippen LogP contribution is 2.28. The SMILES string of the molecule is Cc1nc(C(=O)O)cnc1-c1ccc2c(c1)CCC2. The van der Waals surface area contributed by atoms with Gasteiger partial charge in [-0.1, -0.05) is 12.1 Å². The molecule has 2 aromatic rings. The summed E-state index contributed by atoms with van der Waals surface area (Å²) in [5.41, 5.74) is 5.21. The summed E-state index contributed by atoms with van der Waals surface area (Å²) >= 11 is 0. The third-order valence-electron chi connectivity index (χ3n) is 3.54. The normalized spacial score (nSPS) is 13.3. The molecule has 0 saturated carbocycles. The lowest BCUT2D eigenvalue weighted by Crippen LogP contribution is -2.04. The van der Waals surface area contributed by atoms with Crippen molar-refractivity contribution >= 4 is 5.97 Å². The number of hydrogen-bond donors (Lipinski definition) is 1. The van der Waals surface area contributed by atoms with Gasteiger partial charge in [-0.05, 0) is 43.4 Å². The average Bonchev–Trinajstić information content (AvgIpc) is 2.85. The Balaban J connectivity index is 2.05. The third kappa shape index (κ3) is 2.10. The number of carboxylic acid groups (broad SMARTS) is 1. The van der Waals surface area contributed by atoms with Crippen molar-refractivity contribution in [3.05, 3.63) is 46.9 Å². The first-order valence-electron chi connectivity index (χ1n) is 6.34. The van der Waals surface area contributed by atoms with E-state index in [-0.39, 0.29) is 5.69 Å². The quantitative estimate of drug-likeness (QED) is 0.894. The van der Waals surface area contributed by atoms with Crippen molar-refractivity contribution in [2.45, 2.75) is 26.2 Å². The van der Waals surface area contributed by atoms with Crippen LogP contribution in [0.25, 0.3) is 11.3 Å². The number of aryl methyl sites for hydroxylation is 3. The Morgan fingerprint density at radius 2 is 2.05 bits per heavy atom. The van der Waals surface area contributed by atoms with Crippen molar-refractivity contribution in [2.24, 2.45) is 0 Å². The molecular weight excluding hydrogens is 240 g/mol. The lowest BCUT2D eigenvalue weighted by atomic mass is 10.0. The van der Waals surface area contributed by atoms with E-state index in [1.54, 1.807) is 6.92 Å². The topological polar surface area (TPSA) is 63.1 Å². The molecule has 1 heterocycles. The molecule has 0 aliphatic heterocycles. The molecule has 0 radical (unpaired) electrons. The van der Waals surface area contributed by atoms with Gasteiger partial charge in [0, 0.05) is 5.56 Å². The first kappa shape index (κ1) is 11.8. The molecule has 1 aromatic carbocycles. The van der Waals surface area contributed by atoms with Gasteiger partial charge < -0.3 is 5.11 Å². The van der Waals surface area contributed by atoms with Crippen LogP contribution in [0, 0.1) is 6.92 Å². The number of nitrogens with zero attached hydrogens (tertiary/aromatic N) is 2. The summed E-state index contributed by atoms with van der Waals surface area (Å²) in [4.78, 5) is 19.2. The highest BCUT2D eigenvalue weighted by molar-refractivity contribution is 5.85. The number of aromatic carboxylic acids is 1. The molecule has 0 unspecified atom stereocenters. The lowest BCUT2D eigenvalue weighted by molar-refractivity contribution is 0.0689. The van der Waals surface area contributed by atoms with Gasteiger partial charge in [-0.3, -0.25) is 4.98 Å². The van der Waals surface area contributed by atoms with Crippen molar-refractivity contribution in [2.75, 3.05) is 0 Å². The van der Waals surface area contributed by atoms with Gasteiger partial charge in [0.25, 0.3) is 0 Å². The second-order valence-electron chi connectivity index (χ2n) is 4.83. The number of benzene rings is 1. The summed E-state index contributed by atoms with van der Waals surface area (Å²) in [6, 6.07) is 6.34. The fraction of sp³-hybridized carbons (Fsp3) is 0.267. The maximum Gasteiger partial charge on any atom is 0.356 e. The number of hydrogen-bond acceptors (Lipinski definition) is 3. The van der Waals surface area contributed by atoms with E-state index >= 15 is 0 Å². The van der Waals surface area contributed by atoms with Gasteiger partial charge in [0.2, 0.25) is 0 Å². The Labute approximate surface area is 111 Å². The molecule has 1 aliphatic carbocycles. The lowest BCUT2D eigenvalue weighted by Gasteiger charge is -2.07. The summed E-state index contributed by atoms with van der Waals surface area (Å²) < 4.78 is 0. The molecule has 0 atom stereocenters. The Morgan fingerprint density at radius 3 is 2.79 bits per heavy atom. The predicted octanol–water partition coefficient (Wildman–Crippen LogP) is 2.64. The molecule has 96 valence electrons. The standard InChI is InChI=1S/C15H14N2O2/c1-9-14(16-8-13(17-9)15(18)19)12-6-5-10-3-2-4-11(10)7-12/h5-8H,2-4H2,1H3,(H,18,19). The zero-order valence-corrected chi connectivity index (χ0v) is 10.7. The largest absolute Gasteiger partial charge is 0.476 e. The van der Waals surface area contributed by atoms with E-state index in [2.05, 4.69) is 22.1 Å². The van der Waals surface area contributed by atoms with Gasteiger partial charge in [0.05, 0.1) is 17.6 Å². The molecule has 0 bridgehead atoms. The van der Waals surface area contributed by atoms with Gasteiger partial charge in [-0.2, -0.15) is 0 Å². The van der Waals surface area contributed by atoms with Crippen LogP contribution in [-0.4, -0.2) is 21.0 Å². The monoisotopic (exact) mass is 254 g/mol. The minimum atomic E-state index is -1.05. The first-order chi connectivity index (χ1) is 9.15. The minimum absolute atomic E-state index is 0.0117. The zero-order valence-electron chi connectivity index (χ0n) is 10.7. The van der Waals surface area contributed by atoms with Gasteiger partial charge in [0.1, 0.15) is 0 Å². The van der Waals surface area contributed by atoms with E-state index in [1.807, 2.05) is 6.07 Å². The van der Waals surface area contributed by atoms with Crippen LogP contribution in [0.4, 0.5) is 0 Å². The number of carboxylic acids is 1. The van der Waals surface area contributed by atoms with Gasteiger partial charge in [-0.25, -0.2) is 9.78 Å². The van der Waals surface area contributed by atoms with Crippen molar-refractivity contribution in [3.8, 4) is 11.3 Å². The molecule has 1 N–H and O–H groups in total. The van der Waals surface area contributed by atoms with E-state index in [0.717, 1.165) is 24.1 Å². The van der Waals surface area contributed by atoms with E-state index < -0.39 is 5.97 Å². The van der Waals surface area contributed by atoms with Gasteiger partial charge in [-0.15, -0.1) is 0 Å². The van der Waals surface area contributed by atoms with Crippen LogP contribution in [0.3, 0.4) is 0 Å². The highest BCUT2D eigenvalue weighted by Gasteiger charge is 2.14. The second-order valence-corrected chi connectivity index (χ2v) is 4.83. The van der Waals surface area contributed by atoms with E-state index in [0.29, 0.717) is 5.69 Å². The first-order valence-corrected chi connectivity index (χ1v) is 6.34. The van der Waals surface area contributed by atoms with Crippen molar-refractivity contribution < 1.29 is 9.90 Å². The van der Waals surface area contributed by atoms with Crippen molar-refractivity contribution in [1.29, 1.82) is 0 Å². The Kier molecular flexibility index (Phi) is 2.78. The Bertz CT molecular complexity index is 665. The molecule has 0 fully saturated rings. The van der Waals surface area contributed by atoms with Crippen LogP contribution < -0.4 is 0 Å². The summed E-state index contributed by atoms with van der Waals surface area (Å²) in [5, 5.41) is 8.90. The number of fused-ring (bicyclic) bond motifs is 1. The van der Waals surface area contributed by atoms with Gasteiger partial charge in [0.15, 0.2) is 5.69 Å². The summed E-state index contributed by atoms with van der Waals surface area (Å²) in [5.74, 6) is -1.05. The second kappa shape index (κ2) is 4.46. The maximum atomic E-state index is 10.9. The van der Waals surface area contributed by atoms with Crippen LogP contribution in [0.15, 0.2) is 24.4 Å². The van der Waals surface area contributed by atoms with Crippen LogP contribution >= 0.6 is 0 Å². The number of carbonyl (C=O) groups is 1. The molecule has 0 saturated heterocycles. The Morgan fingerprint density at radius 1 is 1.26 bits per heavy atom. The zero-order chi connectivity index (χ0) is 13.4. The predicted molar refractivity (Wildman–Crippen MR) is 71.2 cm³/mol. The third-order valence-corrected chi connectivity index (χ3v) is 3.54. The number of rotatable bonds is 2. The summed E-state index contributed by atoms with van der Waals surface area (Å²) in [6.45, 7) is 1.79. The van der Waals surface area contributed by atoms with E-state index in [4.69, 9.17) is 5.11 Å². The van der Waals surface area contributed by atoms with Crippen LogP contribution in [-0.2, 0) is 12.8 Å². The molecule has 0 amide bonds. The maximum absolute atomic E-state index is 10.9. The van der Waals surface area contributed by atoms with Crippen molar-refractivity contribution in [1.82, 2.24) is 9.97 Å². The van der Waals surface area contributed by atoms with Crippen LogP contribution in [0.2, 0.25) is 0 Å². The van der Waals surface area contributed by atoms with Crippen LogP contribution in [0.1, 0.15) is 33.7 Å². The number of aromatic nitrogens is 2. The molecule has 1 aliphatic rings. The summed E-state index contributed by atoms with van der Waals surface area (Å²) in [7, 11) is 0. The summed E-state index contributed by atoms with van der Waals surface area (Å²) in [6.07, 6.45) is 4.79. The molecule has 19 heavy (non-hydrogen) atoms. The van der Waals surface area contributed by atoms with E-state index in [9.17, 15) is 4.79 Å². The molecular formula is C15H14N2O2. The smallest absolute Gasteiger partial charge is 0.356 e. The molecule has 4 nitrogen and oxygen atoms in total.